The van der Waals surface area contributed by atoms with Gasteiger partial charge in [0.05, 0.1) is 10.6 Å². The highest BCUT2D eigenvalue weighted by molar-refractivity contribution is 7.98. The fourth-order valence-corrected chi connectivity index (χ4v) is 4.83. The molecule has 1 atom stereocenters. The van der Waals surface area contributed by atoms with Crippen LogP contribution in [0.25, 0.3) is 0 Å². The van der Waals surface area contributed by atoms with Crippen molar-refractivity contribution < 1.29 is 13.2 Å². The number of hydrogen-bond acceptors (Lipinski definition) is 4. The second-order valence-corrected chi connectivity index (χ2v) is 10.2. The average Bonchev–Trinajstić information content (AvgIpc) is 2.64. The molecule has 0 saturated carbocycles. The third-order valence-corrected chi connectivity index (χ3v) is 7.28. The van der Waals surface area contributed by atoms with Gasteiger partial charge in [0.2, 0.25) is 15.9 Å². The first-order valence-corrected chi connectivity index (χ1v) is 12.3. The molecule has 7 heteroatoms. The highest BCUT2D eigenvalue weighted by Crippen LogP contribution is 2.30. The van der Waals surface area contributed by atoms with Crippen LogP contribution in [-0.4, -0.2) is 20.6 Å². The topological polar surface area (TPSA) is 75.3 Å². The fraction of sp³-hybridized carbons (Fsp3) is 0.409. The number of thioether (sulfide) groups is 1. The molecule has 0 bridgehead atoms. The Kier molecular flexibility index (Phi) is 7.54. The van der Waals surface area contributed by atoms with E-state index in [9.17, 15) is 13.2 Å². The smallest absolute Gasteiger partial charge is 0.241 e. The molecule has 0 radical (unpaired) electrons. The summed E-state index contributed by atoms with van der Waals surface area (Å²) in [6.07, 6.45) is 1.89. The molecule has 0 saturated heterocycles. The van der Waals surface area contributed by atoms with E-state index in [1.165, 1.54) is 23.4 Å². The van der Waals surface area contributed by atoms with E-state index in [1.54, 1.807) is 26.0 Å². The van der Waals surface area contributed by atoms with Crippen molar-refractivity contribution in [3.8, 4) is 0 Å². The number of benzene rings is 2. The summed E-state index contributed by atoms with van der Waals surface area (Å²) in [7, 11) is -3.76. The molecule has 0 aromatic heterocycles. The van der Waals surface area contributed by atoms with E-state index in [2.05, 4.69) is 16.1 Å². The molecule has 0 aliphatic rings. The highest BCUT2D eigenvalue weighted by Gasteiger charge is 2.22. The number of carbonyl (C=O) groups excluding carboxylic acids is 1. The predicted octanol–water partition coefficient (Wildman–Crippen LogP) is 4.97. The molecule has 0 spiro atoms. The van der Waals surface area contributed by atoms with Crippen LogP contribution in [0.4, 0.5) is 5.69 Å². The van der Waals surface area contributed by atoms with Gasteiger partial charge in [0.15, 0.2) is 0 Å². The van der Waals surface area contributed by atoms with Gasteiger partial charge in [-0.25, -0.2) is 13.1 Å². The maximum absolute atomic E-state index is 13.0. The molecule has 0 aliphatic heterocycles. The Labute approximate surface area is 178 Å². The molecule has 0 unspecified atom stereocenters. The average molecular weight is 435 g/mol. The second kappa shape index (κ2) is 9.32. The van der Waals surface area contributed by atoms with E-state index in [0.717, 1.165) is 21.6 Å². The van der Waals surface area contributed by atoms with Crippen molar-refractivity contribution in [2.24, 2.45) is 5.92 Å². The van der Waals surface area contributed by atoms with Gasteiger partial charge >= 0.3 is 0 Å². The van der Waals surface area contributed by atoms with Crippen LogP contribution in [-0.2, 0) is 14.8 Å². The lowest BCUT2D eigenvalue weighted by Crippen LogP contribution is -2.27. The lowest BCUT2D eigenvalue weighted by atomic mass is 9.97. The van der Waals surface area contributed by atoms with Gasteiger partial charge in [-0.15, -0.1) is 11.8 Å². The molecule has 2 aromatic carbocycles. The molecule has 158 valence electrons. The molecule has 2 aromatic rings. The molecule has 5 nitrogen and oxygen atoms in total. The molecule has 0 heterocycles. The zero-order valence-corrected chi connectivity index (χ0v) is 19.7. The summed E-state index contributed by atoms with van der Waals surface area (Å²) in [4.78, 5) is 13.1. The lowest BCUT2D eigenvalue weighted by molar-refractivity contribution is -0.118. The van der Waals surface area contributed by atoms with Gasteiger partial charge in [-0.05, 0) is 74.4 Å². The first kappa shape index (κ1) is 23.4. The van der Waals surface area contributed by atoms with Crippen molar-refractivity contribution >= 4 is 33.4 Å². The number of hydrogen-bond donors (Lipinski definition) is 2. The van der Waals surface area contributed by atoms with Crippen LogP contribution in [0.5, 0.6) is 0 Å². The number of sulfonamides is 1. The minimum absolute atomic E-state index is 0.127. The van der Waals surface area contributed by atoms with Crippen molar-refractivity contribution in [2.75, 3.05) is 11.6 Å². The Morgan fingerprint density at radius 3 is 2.17 bits per heavy atom. The van der Waals surface area contributed by atoms with Crippen LogP contribution in [0, 0.1) is 26.7 Å². The third kappa shape index (κ3) is 5.62. The molecule has 0 aliphatic carbocycles. The summed E-state index contributed by atoms with van der Waals surface area (Å²) in [5, 5.41) is 2.83. The molecule has 2 N–H and O–H groups in total. The number of nitrogens with one attached hydrogen (secondary N) is 2. The summed E-state index contributed by atoms with van der Waals surface area (Å²) in [6, 6.07) is 8.54. The minimum Gasteiger partial charge on any atom is -0.325 e. The van der Waals surface area contributed by atoms with Crippen LogP contribution < -0.4 is 10.0 Å². The Balaban J connectivity index is 2.35. The zero-order chi connectivity index (χ0) is 21.9. The predicted molar refractivity (Wildman–Crippen MR) is 121 cm³/mol. The number of amides is 1. The van der Waals surface area contributed by atoms with Gasteiger partial charge in [0.1, 0.15) is 0 Å². The first-order chi connectivity index (χ1) is 13.5. The largest absolute Gasteiger partial charge is 0.325 e. The van der Waals surface area contributed by atoms with Crippen molar-refractivity contribution in [1.82, 2.24) is 4.72 Å². The summed E-state index contributed by atoms with van der Waals surface area (Å²) in [5.41, 5.74) is 4.81. The van der Waals surface area contributed by atoms with Gasteiger partial charge in [-0.1, -0.05) is 26.0 Å². The van der Waals surface area contributed by atoms with Gasteiger partial charge in [-0.2, -0.15) is 0 Å². The Morgan fingerprint density at radius 1 is 0.966 bits per heavy atom. The van der Waals surface area contributed by atoms with E-state index < -0.39 is 10.0 Å². The summed E-state index contributed by atoms with van der Waals surface area (Å²) < 4.78 is 28.8. The molecule has 0 fully saturated rings. The standard InChI is InChI=1S/C22H30N2O3S2/c1-13(2)22(25)23-20-12-18(8-9-21(20)28-7)29(26,27)24-17(6)19-11-15(4)14(3)10-16(19)5/h8-13,17,24H,1-7H3,(H,23,25)/t17-/m0/s1. The SMILES string of the molecule is CSc1ccc(S(=O)(=O)N[C@@H](C)c2cc(C)c(C)cc2C)cc1NC(=O)C(C)C. The van der Waals surface area contributed by atoms with E-state index >= 15 is 0 Å². The van der Waals surface area contributed by atoms with Crippen LogP contribution in [0.3, 0.4) is 0 Å². The summed E-state index contributed by atoms with van der Waals surface area (Å²) in [6.45, 7) is 11.5. The van der Waals surface area contributed by atoms with Crippen molar-refractivity contribution in [3.63, 3.8) is 0 Å². The number of aryl methyl sites for hydroxylation is 3. The van der Waals surface area contributed by atoms with Crippen LogP contribution in [0.15, 0.2) is 40.1 Å². The Morgan fingerprint density at radius 2 is 1.59 bits per heavy atom. The highest BCUT2D eigenvalue weighted by atomic mass is 32.2. The maximum atomic E-state index is 13.0. The van der Waals surface area contributed by atoms with Gasteiger partial charge in [0.25, 0.3) is 0 Å². The van der Waals surface area contributed by atoms with Crippen molar-refractivity contribution in [3.05, 3.63) is 52.6 Å². The lowest BCUT2D eigenvalue weighted by Gasteiger charge is -2.19. The molecule has 29 heavy (non-hydrogen) atoms. The monoisotopic (exact) mass is 434 g/mol. The number of anilines is 1. The first-order valence-electron chi connectivity index (χ1n) is 9.55. The van der Waals surface area contributed by atoms with Gasteiger partial charge < -0.3 is 5.32 Å². The van der Waals surface area contributed by atoms with Crippen LogP contribution in [0.2, 0.25) is 0 Å². The minimum atomic E-state index is -3.76. The number of carbonyl (C=O) groups is 1. The summed E-state index contributed by atoms with van der Waals surface area (Å²) >= 11 is 1.45. The van der Waals surface area contributed by atoms with Crippen molar-refractivity contribution in [2.45, 2.75) is 57.4 Å². The number of rotatable bonds is 7. The Hall–Kier alpha value is -1.83. The maximum Gasteiger partial charge on any atom is 0.241 e. The Bertz CT molecular complexity index is 1010. The quantitative estimate of drug-likeness (QED) is 0.604. The fourth-order valence-electron chi connectivity index (χ4n) is 3.04. The molecular formula is C22H30N2O3S2. The normalized spacial score (nSPS) is 12.8. The van der Waals surface area contributed by atoms with E-state index in [-0.39, 0.29) is 22.8 Å². The van der Waals surface area contributed by atoms with E-state index in [4.69, 9.17) is 0 Å². The van der Waals surface area contributed by atoms with Gasteiger partial charge in [-0.3, -0.25) is 4.79 Å². The van der Waals surface area contributed by atoms with Crippen LogP contribution in [0.1, 0.15) is 49.1 Å². The van der Waals surface area contributed by atoms with Crippen LogP contribution >= 0.6 is 11.8 Å². The summed E-state index contributed by atoms with van der Waals surface area (Å²) in [5.74, 6) is -0.349. The van der Waals surface area contributed by atoms with Gasteiger partial charge in [0, 0.05) is 16.9 Å². The van der Waals surface area contributed by atoms with E-state index in [1.807, 2.05) is 40.0 Å². The molecular weight excluding hydrogens is 404 g/mol. The third-order valence-electron chi connectivity index (χ3n) is 4.94. The zero-order valence-electron chi connectivity index (χ0n) is 18.1. The second-order valence-electron chi connectivity index (χ2n) is 7.64. The molecule has 2 rings (SSSR count). The van der Waals surface area contributed by atoms with E-state index in [0.29, 0.717) is 5.69 Å². The molecule has 1 amide bonds. The van der Waals surface area contributed by atoms with Crippen molar-refractivity contribution in [1.29, 1.82) is 0 Å².